The molecule has 4 N–H and O–H groups in total. The number of hydroxylamine groups is 1. The number of phenolic OH excluding ortho intramolecular Hbond substituents is 2. The first kappa shape index (κ1) is 28.1. The van der Waals surface area contributed by atoms with Gasteiger partial charge in [-0.25, -0.2) is 10.3 Å². The van der Waals surface area contributed by atoms with E-state index in [1.165, 1.54) is 11.5 Å². The van der Waals surface area contributed by atoms with Gasteiger partial charge in [-0.1, -0.05) is 43.3 Å². The Hall–Kier alpha value is -3.93. The van der Waals surface area contributed by atoms with Gasteiger partial charge >= 0.3 is 5.97 Å². The third-order valence-electron chi connectivity index (χ3n) is 6.56. The first-order chi connectivity index (χ1) is 18.8. The summed E-state index contributed by atoms with van der Waals surface area (Å²) >= 11 is 0. The molecule has 0 unspecified atom stereocenters. The van der Waals surface area contributed by atoms with Crippen LogP contribution in [-0.4, -0.2) is 70.3 Å². The molecule has 0 atom stereocenters. The molecule has 1 aliphatic rings. The Kier molecular flexibility index (Phi) is 9.18. The Bertz CT molecular complexity index is 1300. The summed E-state index contributed by atoms with van der Waals surface area (Å²) in [5.41, 5.74) is 4.36. The zero-order valence-corrected chi connectivity index (χ0v) is 22.0. The molecule has 39 heavy (non-hydrogen) atoms. The SMILES string of the molecule is CC(C)c1cc(-c2onc(C(=O)OCCCC(=O)NO)c2-c2ccc(CN3CCOCC3)cc2)c(O)cc1O. The maximum atomic E-state index is 13.0. The minimum absolute atomic E-state index is 0.0231. The van der Waals surface area contributed by atoms with Crippen LogP contribution in [0, 0.1) is 0 Å². The van der Waals surface area contributed by atoms with Gasteiger partial charge in [-0.2, -0.15) is 0 Å². The monoisotopic (exact) mass is 539 g/mol. The molecule has 2 heterocycles. The van der Waals surface area contributed by atoms with Crippen LogP contribution >= 0.6 is 0 Å². The Labute approximate surface area is 225 Å². The second-order valence-electron chi connectivity index (χ2n) is 9.68. The number of morpholine rings is 1. The predicted molar refractivity (Wildman–Crippen MR) is 140 cm³/mol. The molecule has 11 nitrogen and oxygen atoms in total. The highest BCUT2D eigenvalue weighted by molar-refractivity contribution is 6.00. The Balaban J connectivity index is 1.68. The van der Waals surface area contributed by atoms with Gasteiger partial charge in [-0.05, 0) is 35.1 Å². The molecule has 208 valence electrons. The zero-order chi connectivity index (χ0) is 27.9. The van der Waals surface area contributed by atoms with Gasteiger partial charge in [0, 0.05) is 32.1 Å². The molecule has 1 amide bonds. The minimum Gasteiger partial charge on any atom is -0.508 e. The average molecular weight is 540 g/mol. The van der Waals surface area contributed by atoms with E-state index in [9.17, 15) is 19.8 Å². The van der Waals surface area contributed by atoms with Crippen molar-refractivity contribution < 1.29 is 39.0 Å². The van der Waals surface area contributed by atoms with E-state index in [4.69, 9.17) is 19.2 Å². The molecule has 0 radical (unpaired) electrons. The summed E-state index contributed by atoms with van der Waals surface area (Å²) in [6, 6.07) is 10.5. The molecule has 0 spiro atoms. The van der Waals surface area contributed by atoms with Crippen molar-refractivity contribution in [2.24, 2.45) is 0 Å². The summed E-state index contributed by atoms with van der Waals surface area (Å²) in [5, 5.41) is 33.6. The lowest BCUT2D eigenvalue weighted by atomic mass is 9.94. The van der Waals surface area contributed by atoms with Gasteiger partial charge in [-0.15, -0.1) is 0 Å². The number of ether oxygens (including phenoxy) is 2. The summed E-state index contributed by atoms with van der Waals surface area (Å²) in [6.07, 6.45) is 0.176. The van der Waals surface area contributed by atoms with Crippen molar-refractivity contribution >= 4 is 11.9 Å². The van der Waals surface area contributed by atoms with E-state index in [0.717, 1.165) is 25.2 Å². The minimum atomic E-state index is -0.760. The summed E-state index contributed by atoms with van der Waals surface area (Å²) in [6.45, 7) is 7.60. The zero-order valence-electron chi connectivity index (χ0n) is 22.0. The van der Waals surface area contributed by atoms with Crippen molar-refractivity contribution in [3.05, 3.63) is 53.2 Å². The van der Waals surface area contributed by atoms with E-state index >= 15 is 0 Å². The number of carbonyl (C=O) groups is 2. The van der Waals surface area contributed by atoms with Gasteiger partial charge in [0.15, 0.2) is 11.5 Å². The van der Waals surface area contributed by atoms with Crippen LogP contribution in [0.2, 0.25) is 0 Å². The molecule has 11 heteroatoms. The third kappa shape index (κ3) is 6.75. The van der Waals surface area contributed by atoms with Gasteiger partial charge in [0.25, 0.3) is 0 Å². The van der Waals surface area contributed by atoms with Crippen LogP contribution in [-0.2, 0) is 20.8 Å². The number of esters is 1. The number of benzene rings is 2. The van der Waals surface area contributed by atoms with Crippen molar-refractivity contribution in [3.8, 4) is 33.9 Å². The maximum Gasteiger partial charge on any atom is 0.361 e. The largest absolute Gasteiger partial charge is 0.508 e. The summed E-state index contributed by atoms with van der Waals surface area (Å²) in [5.74, 6) is -1.52. The number of rotatable bonds is 10. The van der Waals surface area contributed by atoms with Crippen LogP contribution in [0.15, 0.2) is 40.9 Å². The molecular formula is C28H33N3O8. The molecule has 4 rings (SSSR count). The lowest BCUT2D eigenvalue weighted by Crippen LogP contribution is -2.35. The summed E-state index contributed by atoms with van der Waals surface area (Å²) in [7, 11) is 0. The molecule has 2 aromatic carbocycles. The standard InChI is InChI=1S/C28H33N3O8/c1-17(2)20-14-21(23(33)15-22(20)32)27-25(26(30-39-27)28(35)38-11-3-4-24(34)29-36)19-7-5-18(6-8-19)16-31-9-12-37-13-10-31/h5-8,14-15,17,32-33,36H,3-4,9-13,16H2,1-2H3,(H,29,34). The number of nitrogens with zero attached hydrogens (tertiary/aromatic N) is 2. The second-order valence-corrected chi connectivity index (χ2v) is 9.68. The van der Waals surface area contributed by atoms with Crippen LogP contribution in [0.3, 0.4) is 0 Å². The smallest absolute Gasteiger partial charge is 0.361 e. The van der Waals surface area contributed by atoms with Crippen LogP contribution in [0.4, 0.5) is 0 Å². The van der Waals surface area contributed by atoms with Crippen molar-refractivity contribution in [1.29, 1.82) is 0 Å². The number of amides is 1. The summed E-state index contributed by atoms with van der Waals surface area (Å²) < 4.78 is 16.4. The number of carbonyl (C=O) groups excluding carboxylic acids is 2. The Morgan fingerprint density at radius 2 is 1.82 bits per heavy atom. The highest BCUT2D eigenvalue weighted by Gasteiger charge is 2.28. The van der Waals surface area contributed by atoms with Crippen LogP contribution in [0.25, 0.3) is 22.5 Å². The number of aromatic nitrogens is 1. The van der Waals surface area contributed by atoms with E-state index in [0.29, 0.717) is 29.9 Å². The quantitative estimate of drug-likeness (QED) is 0.129. The van der Waals surface area contributed by atoms with Gasteiger partial charge in [0.05, 0.1) is 30.9 Å². The second kappa shape index (κ2) is 12.7. The predicted octanol–water partition coefficient (Wildman–Crippen LogP) is 3.82. The molecule has 3 aromatic rings. The fraction of sp³-hybridized carbons (Fsp3) is 0.393. The summed E-state index contributed by atoms with van der Waals surface area (Å²) in [4.78, 5) is 26.6. The normalized spacial score (nSPS) is 13.9. The molecule has 1 aromatic heterocycles. The van der Waals surface area contributed by atoms with E-state index in [2.05, 4.69) is 10.1 Å². The number of nitrogens with one attached hydrogen (secondary N) is 1. The van der Waals surface area contributed by atoms with Crippen molar-refractivity contribution in [3.63, 3.8) is 0 Å². The number of phenols is 2. The highest BCUT2D eigenvalue weighted by atomic mass is 16.5. The molecule has 1 saturated heterocycles. The van der Waals surface area contributed by atoms with E-state index in [1.807, 2.05) is 38.1 Å². The molecule has 1 aliphatic heterocycles. The van der Waals surface area contributed by atoms with Crippen molar-refractivity contribution in [2.45, 2.75) is 39.2 Å². The van der Waals surface area contributed by atoms with E-state index < -0.39 is 11.9 Å². The molecule has 0 aliphatic carbocycles. The molecule has 1 fully saturated rings. The first-order valence-corrected chi connectivity index (χ1v) is 12.8. The van der Waals surface area contributed by atoms with Gasteiger partial charge in [0.1, 0.15) is 11.5 Å². The fourth-order valence-electron chi connectivity index (χ4n) is 4.44. The maximum absolute atomic E-state index is 13.0. The van der Waals surface area contributed by atoms with Gasteiger partial charge in [-0.3, -0.25) is 14.9 Å². The van der Waals surface area contributed by atoms with Crippen LogP contribution in [0.5, 0.6) is 11.5 Å². The first-order valence-electron chi connectivity index (χ1n) is 12.8. The highest BCUT2D eigenvalue weighted by Crippen LogP contribution is 2.43. The topological polar surface area (TPSA) is 155 Å². The number of hydrogen-bond donors (Lipinski definition) is 4. The molecule has 0 saturated carbocycles. The Morgan fingerprint density at radius 1 is 1.10 bits per heavy atom. The van der Waals surface area contributed by atoms with E-state index in [-0.39, 0.29) is 53.9 Å². The van der Waals surface area contributed by atoms with Crippen molar-refractivity contribution in [1.82, 2.24) is 15.5 Å². The van der Waals surface area contributed by atoms with Crippen LogP contribution in [0.1, 0.15) is 54.2 Å². The van der Waals surface area contributed by atoms with Crippen molar-refractivity contribution in [2.75, 3.05) is 32.9 Å². The molecule has 0 bridgehead atoms. The van der Waals surface area contributed by atoms with Gasteiger partial charge in [0.2, 0.25) is 5.91 Å². The lowest BCUT2D eigenvalue weighted by molar-refractivity contribution is -0.129. The Morgan fingerprint density at radius 3 is 2.49 bits per heavy atom. The lowest BCUT2D eigenvalue weighted by Gasteiger charge is -2.26. The number of hydrogen-bond acceptors (Lipinski definition) is 10. The average Bonchev–Trinajstić information content (AvgIpc) is 3.36. The number of aromatic hydroxyl groups is 2. The molecular weight excluding hydrogens is 506 g/mol. The fourth-order valence-corrected chi connectivity index (χ4v) is 4.44. The van der Waals surface area contributed by atoms with E-state index in [1.54, 1.807) is 6.07 Å². The third-order valence-corrected chi connectivity index (χ3v) is 6.56. The van der Waals surface area contributed by atoms with Gasteiger partial charge < -0.3 is 24.2 Å². The van der Waals surface area contributed by atoms with Crippen LogP contribution < -0.4 is 5.48 Å².